The molecule has 0 bridgehead atoms. The average molecular weight is 447 g/mol. The third-order valence-corrected chi connectivity index (χ3v) is 5.02. The predicted octanol–water partition coefficient (Wildman–Crippen LogP) is 4.13. The van der Waals surface area contributed by atoms with E-state index in [2.05, 4.69) is 26.8 Å². The quantitative estimate of drug-likeness (QED) is 0.474. The van der Waals surface area contributed by atoms with Crippen LogP contribution >= 0.6 is 0 Å². The first-order valence-corrected chi connectivity index (χ1v) is 10.5. The highest BCUT2D eigenvalue weighted by atomic mass is 19.1. The summed E-state index contributed by atoms with van der Waals surface area (Å²) in [6, 6.07) is 7.01. The molecule has 8 heteroatoms. The highest BCUT2D eigenvalue weighted by Gasteiger charge is 2.26. The van der Waals surface area contributed by atoms with E-state index in [1.807, 2.05) is 0 Å². The van der Waals surface area contributed by atoms with E-state index in [4.69, 9.17) is 9.15 Å². The van der Waals surface area contributed by atoms with Crippen LogP contribution < -0.4 is 0 Å². The lowest BCUT2D eigenvalue weighted by Crippen LogP contribution is -2.18. The Morgan fingerprint density at radius 2 is 2.15 bits per heavy atom. The van der Waals surface area contributed by atoms with Crippen molar-refractivity contribution in [3.05, 3.63) is 70.5 Å². The highest BCUT2D eigenvalue weighted by Crippen LogP contribution is 2.29. The number of carbonyl (C=O) groups excluding carboxylic acids is 1. The van der Waals surface area contributed by atoms with Gasteiger partial charge >= 0.3 is 5.97 Å². The molecule has 0 amide bonds. The third-order valence-electron chi connectivity index (χ3n) is 5.02. The van der Waals surface area contributed by atoms with Crippen LogP contribution in [0.25, 0.3) is 17.5 Å². The fraction of sp³-hybridized carbons (Fsp3) is 0.280. The first-order valence-electron chi connectivity index (χ1n) is 10.5. The van der Waals surface area contributed by atoms with Gasteiger partial charge in [-0.25, -0.2) is 24.1 Å². The molecule has 0 saturated carbocycles. The van der Waals surface area contributed by atoms with Gasteiger partial charge in [0, 0.05) is 23.1 Å². The number of hydrogen-bond donors (Lipinski definition) is 1. The van der Waals surface area contributed by atoms with Gasteiger partial charge in [-0.2, -0.15) is 0 Å². The molecule has 0 radical (unpaired) electrons. The summed E-state index contributed by atoms with van der Waals surface area (Å²) in [5, 5.41) is 10.6. The summed E-state index contributed by atoms with van der Waals surface area (Å²) in [7, 11) is 0. The van der Waals surface area contributed by atoms with E-state index in [0.717, 1.165) is 0 Å². The van der Waals surface area contributed by atoms with Crippen LogP contribution in [0.5, 0.6) is 0 Å². The number of allylic oxidation sites excluding steroid dienone is 1. The summed E-state index contributed by atoms with van der Waals surface area (Å²) in [5.41, 5.74) is 0.668. The van der Waals surface area contributed by atoms with E-state index in [-0.39, 0.29) is 36.3 Å². The zero-order chi connectivity index (χ0) is 23.6. The van der Waals surface area contributed by atoms with Gasteiger partial charge < -0.3 is 14.3 Å². The lowest BCUT2D eigenvalue weighted by molar-refractivity contribution is 0.0517. The van der Waals surface area contributed by atoms with Crippen LogP contribution in [0.1, 0.15) is 59.2 Å². The molecule has 3 aromatic rings. The Balaban J connectivity index is 1.73. The second-order valence-corrected chi connectivity index (χ2v) is 7.75. The summed E-state index contributed by atoms with van der Waals surface area (Å²) < 4.78 is 24.5. The molecule has 1 N–H and O–H groups in total. The molecule has 0 spiro atoms. The number of fused-ring (bicyclic) bond motifs is 1. The van der Waals surface area contributed by atoms with Crippen molar-refractivity contribution in [1.82, 2.24) is 15.0 Å². The minimum absolute atomic E-state index is 0.106. The van der Waals surface area contributed by atoms with Gasteiger partial charge in [0.1, 0.15) is 11.6 Å². The van der Waals surface area contributed by atoms with Gasteiger partial charge in [-0.1, -0.05) is 24.0 Å². The molecule has 4 rings (SSSR count). The molecule has 0 fully saturated rings. The number of esters is 1. The van der Waals surface area contributed by atoms with E-state index >= 15 is 0 Å². The van der Waals surface area contributed by atoms with Crippen LogP contribution in [0.3, 0.4) is 0 Å². The topological polar surface area (TPSA) is 98.3 Å². The number of aryl methyl sites for hydroxylation is 1. The molecule has 0 saturated heterocycles. The fourth-order valence-electron chi connectivity index (χ4n) is 3.39. The Morgan fingerprint density at radius 1 is 1.33 bits per heavy atom. The summed E-state index contributed by atoms with van der Waals surface area (Å²) >= 11 is 0. The average Bonchev–Trinajstić information content (AvgIpc) is 3.24. The molecule has 1 aliphatic rings. The summed E-state index contributed by atoms with van der Waals surface area (Å²) in [6.07, 6.45) is 3.36. The zero-order valence-electron chi connectivity index (χ0n) is 18.5. The maximum atomic E-state index is 13.9. The largest absolute Gasteiger partial charge is 0.461 e. The summed E-state index contributed by atoms with van der Waals surface area (Å²) in [4.78, 5) is 25.5. The highest BCUT2D eigenvalue weighted by molar-refractivity contribution is 5.90. The van der Waals surface area contributed by atoms with E-state index in [1.165, 1.54) is 19.2 Å². The van der Waals surface area contributed by atoms with Crippen molar-refractivity contribution in [3.63, 3.8) is 0 Å². The second-order valence-electron chi connectivity index (χ2n) is 7.75. The standard InChI is InChI=1S/C25H22FN3O4/c1-4-32-23(30)21-19-9-8-18(26)13-20(19)28-22(29-21)17-7-5-6-16(12-17)10-11-25(3,31)24-27-14-15(2)33-24/h5-7,12-14,31H,4,8-9H2,1-3H3/t25-/m0/s1. The third kappa shape index (κ3) is 4.83. The maximum absolute atomic E-state index is 13.9. The Labute approximate surface area is 190 Å². The molecule has 0 unspecified atom stereocenters. The van der Waals surface area contributed by atoms with Crippen LogP contribution in [0, 0.1) is 18.8 Å². The second kappa shape index (κ2) is 8.96. The number of oxazole rings is 1. The van der Waals surface area contributed by atoms with E-state index in [1.54, 1.807) is 38.1 Å². The van der Waals surface area contributed by atoms with Gasteiger partial charge in [0.25, 0.3) is 0 Å². The number of hydrogen-bond acceptors (Lipinski definition) is 7. The SMILES string of the molecule is CCOC(=O)c1nc(-c2cccc(C#C[C@](C)(O)c3ncc(C)o3)c2)nc2c1CCC(F)=C2. The summed E-state index contributed by atoms with van der Waals surface area (Å²) in [6.45, 7) is 5.14. The fourth-order valence-corrected chi connectivity index (χ4v) is 3.39. The molecular formula is C25H22FN3O4. The number of aliphatic hydroxyl groups is 1. The molecule has 0 aliphatic heterocycles. The minimum Gasteiger partial charge on any atom is -0.461 e. The summed E-state index contributed by atoms with van der Waals surface area (Å²) in [5.74, 6) is 5.73. The van der Waals surface area contributed by atoms with Crippen molar-refractivity contribution < 1.29 is 23.4 Å². The number of halogens is 1. The molecule has 2 aromatic heterocycles. The van der Waals surface area contributed by atoms with Gasteiger partial charge in [0.2, 0.25) is 5.89 Å². The monoisotopic (exact) mass is 447 g/mol. The van der Waals surface area contributed by atoms with Gasteiger partial charge in [-0.15, -0.1) is 0 Å². The number of benzene rings is 1. The van der Waals surface area contributed by atoms with Crippen molar-refractivity contribution in [2.24, 2.45) is 0 Å². The number of ether oxygens (including phenoxy) is 1. The number of carbonyl (C=O) groups is 1. The van der Waals surface area contributed by atoms with Crippen molar-refractivity contribution >= 4 is 12.0 Å². The predicted molar refractivity (Wildman–Crippen MR) is 119 cm³/mol. The van der Waals surface area contributed by atoms with Gasteiger partial charge in [0.05, 0.1) is 18.5 Å². The van der Waals surface area contributed by atoms with Crippen molar-refractivity contribution in [1.29, 1.82) is 0 Å². The number of nitrogens with zero attached hydrogens (tertiary/aromatic N) is 3. The Bertz CT molecular complexity index is 1310. The molecule has 1 atom stereocenters. The first kappa shape index (κ1) is 22.4. The van der Waals surface area contributed by atoms with Crippen LogP contribution in [-0.2, 0) is 16.8 Å². The lowest BCUT2D eigenvalue weighted by atomic mass is 9.98. The molecule has 33 heavy (non-hydrogen) atoms. The molecule has 2 heterocycles. The van der Waals surface area contributed by atoms with E-state index < -0.39 is 11.6 Å². The van der Waals surface area contributed by atoms with Crippen molar-refractivity contribution in [3.8, 4) is 23.2 Å². The minimum atomic E-state index is -1.58. The Hall–Kier alpha value is -3.83. The number of aromatic nitrogens is 3. The normalized spacial score (nSPS) is 14.4. The number of rotatable bonds is 4. The zero-order valence-corrected chi connectivity index (χ0v) is 18.5. The lowest BCUT2D eigenvalue weighted by Gasteiger charge is -2.16. The molecule has 1 aliphatic carbocycles. The molecule has 168 valence electrons. The van der Waals surface area contributed by atoms with Crippen LogP contribution in [0.15, 0.2) is 40.7 Å². The Kier molecular flexibility index (Phi) is 6.07. The molecule has 1 aromatic carbocycles. The van der Waals surface area contributed by atoms with Crippen LogP contribution in [-0.4, -0.2) is 32.6 Å². The van der Waals surface area contributed by atoms with E-state index in [0.29, 0.717) is 34.6 Å². The van der Waals surface area contributed by atoms with Gasteiger partial charge in [-0.3, -0.25) is 0 Å². The molecular weight excluding hydrogens is 425 g/mol. The van der Waals surface area contributed by atoms with E-state index in [9.17, 15) is 14.3 Å². The smallest absolute Gasteiger partial charge is 0.357 e. The van der Waals surface area contributed by atoms with Crippen molar-refractivity contribution in [2.45, 2.75) is 39.2 Å². The van der Waals surface area contributed by atoms with Crippen molar-refractivity contribution in [2.75, 3.05) is 6.61 Å². The maximum Gasteiger partial charge on any atom is 0.357 e. The van der Waals surface area contributed by atoms with Gasteiger partial charge in [0.15, 0.2) is 17.1 Å². The molecule has 7 nitrogen and oxygen atoms in total. The van der Waals surface area contributed by atoms with Crippen LogP contribution in [0.4, 0.5) is 4.39 Å². The van der Waals surface area contributed by atoms with Crippen LogP contribution in [0.2, 0.25) is 0 Å². The first-order chi connectivity index (χ1) is 15.8. The van der Waals surface area contributed by atoms with Gasteiger partial charge in [-0.05, 0) is 45.4 Å². The Morgan fingerprint density at radius 3 is 2.88 bits per heavy atom.